The Morgan fingerprint density at radius 1 is 0.733 bits per heavy atom. The van der Waals surface area contributed by atoms with Crippen molar-refractivity contribution in [1.82, 2.24) is 4.90 Å². The molecule has 1 heterocycles. The van der Waals surface area contributed by atoms with Crippen LogP contribution in [-0.4, -0.2) is 29.6 Å². The van der Waals surface area contributed by atoms with Crippen LogP contribution >= 0.6 is 20.8 Å². The Bertz CT molecular complexity index is 937. The summed E-state index contributed by atoms with van der Waals surface area (Å²) in [7, 11) is 0. The van der Waals surface area contributed by atoms with Crippen molar-refractivity contribution in [3.05, 3.63) is 91.0 Å². The third-order valence-corrected chi connectivity index (χ3v) is 17.6. The van der Waals surface area contributed by atoms with Crippen molar-refractivity contribution in [3.8, 4) is 0 Å². The molecule has 1 saturated heterocycles. The van der Waals surface area contributed by atoms with E-state index >= 15 is 0 Å². The Morgan fingerprint density at radius 3 is 1.57 bits per heavy atom. The fourth-order valence-electron chi connectivity index (χ4n) is 5.11. The summed E-state index contributed by atoms with van der Waals surface area (Å²) in [6.07, 6.45) is 3.41. The predicted molar refractivity (Wildman–Crippen MR) is 132 cm³/mol. The number of nitrogens with zero attached hydrogens (tertiary/aromatic N) is 1. The normalized spacial score (nSPS) is 20.7. The van der Waals surface area contributed by atoms with Gasteiger partial charge in [0.1, 0.15) is 0 Å². The van der Waals surface area contributed by atoms with Gasteiger partial charge in [-0.05, 0) is 0 Å². The molecule has 1 amide bonds. The van der Waals surface area contributed by atoms with Crippen LogP contribution in [0, 0.1) is 5.92 Å². The number of hydrogen-bond acceptors (Lipinski definition) is 1. The van der Waals surface area contributed by atoms with Gasteiger partial charge in [0.05, 0.1) is 0 Å². The maximum atomic E-state index is 14.0. The molecule has 3 aromatic rings. The van der Waals surface area contributed by atoms with Gasteiger partial charge in [-0.15, -0.1) is 0 Å². The second kappa shape index (κ2) is 7.62. The molecule has 0 spiro atoms. The van der Waals surface area contributed by atoms with Crippen molar-refractivity contribution in [2.75, 3.05) is 13.1 Å². The number of likely N-dealkylation sites (tertiary alicyclic amines) is 1. The molecule has 2 aliphatic rings. The molecule has 3 aromatic carbocycles. The number of benzene rings is 3. The van der Waals surface area contributed by atoms with E-state index in [0.29, 0.717) is 11.8 Å². The first-order valence-electron chi connectivity index (χ1n) is 10.8. The molecule has 1 unspecified atom stereocenters. The standard InChI is InChI=1S/C26H27BrNOP/c27-30(22-10-4-1-5-11-22,23-12-6-2-7-13-23,24-14-8-3-9-15-24)25-18-19-28(26(25)29)20-21-16-17-21/h1-15,21,25H,16-20H2. The van der Waals surface area contributed by atoms with E-state index in [0.717, 1.165) is 19.5 Å². The molecule has 1 aliphatic heterocycles. The second-order valence-corrected chi connectivity index (χ2v) is 17.4. The van der Waals surface area contributed by atoms with Gasteiger partial charge >= 0.3 is 187 Å². The van der Waals surface area contributed by atoms with Gasteiger partial charge in [0, 0.05) is 0 Å². The SMILES string of the molecule is O=C1C(P(Br)(c2ccccc2)(c2ccccc2)c2ccccc2)CCN1CC1CC1. The van der Waals surface area contributed by atoms with E-state index in [4.69, 9.17) is 0 Å². The van der Waals surface area contributed by atoms with Crippen molar-refractivity contribution in [2.24, 2.45) is 5.92 Å². The molecule has 0 radical (unpaired) electrons. The molecular formula is C26H27BrNOP. The van der Waals surface area contributed by atoms with Crippen molar-refractivity contribution in [3.63, 3.8) is 0 Å². The van der Waals surface area contributed by atoms with Crippen LogP contribution in [0.3, 0.4) is 0 Å². The van der Waals surface area contributed by atoms with Gasteiger partial charge in [0.2, 0.25) is 0 Å². The van der Waals surface area contributed by atoms with Crippen LogP contribution in [0.2, 0.25) is 0 Å². The average molecular weight is 480 g/mol. The summed E-state index contributed by atoms with van der Waals surface area (Å²) in [5.41, 5.74) is -0.0954. The number of amides is 1. The van der Waals surface area contributed by atoms with Crippen molar-refractivity contribution >= 4 is 42.6 Å². The maximum absolute atomic E-state index is 14.0. The van der Waals surface area contributed by atoms with Gasteiger partial charge in [0.25, 0.3) is 0 Å². The topological polar surface area (TPSA) is 20.3 Å². The van der Waals surface area contributed by atoms with Gasteiger partial charge in [-0.2, -0.15) is 0 Å². The van der Waals surface area contributed by atoms with Crippen LogP contribution in [0.15, 0.2) is 91.0 Å². The van der Waals surface area contributed by atoms with Crippen LogP contribution in [0.5, 0.6) is 0 Å². The molecular weight excluding hydrogens is 453 g/mol. The molecule has 2 fully saturated rings. The van der Waals surface area contributed by atoms with Crippen molar-refractivity contribution in [2.45, 2.75) is 24.9 Å². The number of rotatable bonds is 6. The van der Waals surface area contributed by atoms with Crippen LogP contribution in [-0.2, 0) is 4.79 Å². The van der Waals surface area contributed by atoms with E-state index in [-0.39, 0.29) is 5.66 Å². The first kappa shape index (κ1) is 20.0. The van der Waals surface area contributed by atoms with Crippen LogP contribution in [0.1, 0.15) is 19.3 Å². The van der Waals surface area contributed by atoms with E-state index in [1.165, 1.54) is 28.8 Å². The minimum absolute atomic E-state index is 0.0954. The fourth-order valence-corrected chi connectivity index (χ4v) is 13.8. The van der Waals surface area contributed by atoms with Gasteiger partial charge in [-0.1, -0.05) is 0 Å². The molecule has 1 aliphatic carbocycles. The van der Waals surface area contributed by atoms with Crippen molar-refractivity contribution in [1.29, 1.82) is 0 Å². The number of halogens is 1. The number of carbonyl (C=O) groups excluding carboxylic acids is 1. The zero-order valence-electron chi connectivity index (χ0n) is 17.0. The third kappa shape index (κ3) is 2.98. The summed E-state index contributed by atoms with van der Waals surface area (Å²) >= 11 is 4.48. The molecule has 30 heavy (non-hydrogen) atoms. The Morgan fingerprint density at radius 2 is 1.17 bits per heavy atom. The monoisotopic (exact) mass is 479 g/mol. The molecule has 0 N–H and O–H groups in total. The molecule has 5 rings (SSSR count). The molecule has 1 atom stereocenters. The Hall–Kier alpha value is -1.96. The summed E-state index contributed by atoms with van der Waals surface area (Å²) in [6.45, 7) is 1.78. The molecule has 0 aromatic heterocycles. The first-order chi connectivity index (χ1) is 14.6. The first-order valence-corrected chi connectivity index (χ1v) is 15.1. The second-order valence-electron chi connectivity index (χ2n) is 8.61. The van der Waals surface area contributed by atoms with Crippen LogP contribution in [0.4, 0.5) is 0 Å². The Balaban J connectivity index is 1.78. The van der Waals surface area contributed by atoms with Gasteiger partial charge < -0.3 is 0 Å². The van der Waals surface area contributed by atoms with Crippen molar-refractivity contribution < 1.29 is 4.79 Å². The Kier molecular flexibility index (Phi) is 5.08. The van der Waals surface area contributed by atoms with E-state index in [9.17, 15) is 4.79 Å². The summed E-state index contributed by atoms with van der Waals surface area (Å²) in [6, 6.07) is 32.1. The average Bonchev–Trinajstić information content (AvgIpc) is 3.56. The summed E-state index contributed by atoms with van der Waals surface area (Å²) in [5, 5.41) is 0.460. The molecule has 0 bridgehead atoms. The van der Waals surface area contributed by atoms with Crippen LogP contribution in [0.25, 0.3) is 0 Å². The zero-order chi connectivity index (χ0) is 20.6. The van der Waals surface area contributed by atoms with Crippen LogP contribution < -0.4 is 15.9 Å². The van der Waals surface area contributed by atoms with Gasteiger partial charge in [0.15, 0.2) is 0 Å². The summed E-state index contributed by atoms with van der Waals surface area (Å²) < 4.78 is 0. The fraction of sp³-hybridized carbons (Fsp3) is 0.269. The number of carbonyl (C=O) groups is 1. The molecule has 2 nitrogen and oxygen atoms in total. The Labute approximate surface area is 187 Å². The van der Waals surface area contributed by atoms with Gasteiger partial charge in [-0.25, -0.2) is 0 Å². The summed E-state index contributed by atoms with van der Waals surface area (Å²) in [5.74, 6) is 1.02. The number of hydrogen-bond donors (Lipinski definition) is 0. The van der Waals surface area contributed by atoms with E-state index in [2.05, 4.69) is 111 Å². The predicted octanol–water partition coefficient (Wildman–Crippen LogP) is 4.84. The van der Waals surface area contributed by atoms with Gasteiger partial charge in [-0.3, -0.25) is 0 Å². The quantitative estimate of drug-likeness (QED) is 0.463. The summed E-state index contributed by atoms with van der Waals surface area (Å²) in [4.78, 5) is 16.1. The minimum atomic E-state index is -3.23. The molecule has 1 saturated carbocycles. The third-order valence-electron chi connectivity index (χ3n) is 6.81. The molecule has 4 heteroatoms. The van der Waals surface area contributed by atoms with E-state index < -0.39 is 5.31 Å². The van der Waals surface area contributed by atoms with E-state index in [1.54, 1.807) is 0 Å². The van der Waals surface area contributed by atoms with E-state index in [1.807, 2.05) is 0 Å². The molecule has 154 valence electrons. The zero-order valence-corrected chi connectivity index (χ0v) is 19.5.